The van der Waals surface area contributed by atoms with Gasteiger partial charge >= 0.3 is 11.9 Å². The molecule has 1 aliphatic rings. The number of ether oxygens (including phenoxy) is 3. The summed E-state index contributed by atoms with van der Waals surface area (Å²) in [5.41, 5.74) is 10.3. The highest BCUT2D eigenvalue weighted by atomic mass is 16.5. The standard InChI is InChI=1S/C31H28N2O5/c1-31(2,3)22-12-5-19(6-13-22)7-16-27(34)37-23-14-15-24-26(17-23)38-29(33)25(18-32)28(24)20-8-10-21(11-9-20)30(35)36-4/h5-17,28H,33H2,1-4H3/b16-7+. The second-order valence-electron chi connectivity index (χ2n) is 9.86. The number of nitrogens with two attached hydrogens (primary N) is 1. The minimum Gasteiger partial charge on any atom is -0.465 e. The number of carbonyl (C=O) groups excluding carboxylic acids is 2. The lowest BCUT2D eigenvalue weighted by molar-refractivity contribution is -0.128. The molecule has 0 fully saturated rings. The molecule has 3 aromatic carbocycles. The maximum absolute atomic E-state index is 12.5. The Labute approximate surface area is 221 Å². The van der Waals surface area contributed by atoms with E-state index in [0.717, 1.165) is 11.1 Å². The van der Waals surface area contributed by atoms with Crippen LogP contribution in [0.1, 0.15) is 59.3 Å². The largest absolute Gasteiger partial charge is 0.465 e. The van der Waals surface area contributed by atoms with E-state index in [1.54, 1.807) is 48.5 Å². The van der Waals surface area contributed by atoms with Crippen molar-refractivity contribution >= 4 is 18.0 Å². The normalized spacial score (nSPS) is 14.9. The first-order valence-corrected chi connectivity index (χ1v) is 12.0. The third kappa shape index (κ3) is 5.60. The van der Waals surface area contributed by atoms with E-state index in [4.69, 9.17) is 19.9 Å². The number of fused-ring (bicyclic) bond motifs is 1. The molecule has 192 valence electrons. The average molecular weight is 509 g/mol. The van der Waals surface area contributed by atoms with Crippen LogP contribution in [0.3, 0.4) is 0 Å². The van der Waals surface area contributed by atoms with Gasteiger partial charge in [0.1, 0.15) is 23.1 Å². The number of nitrogens with zero attached hydrogens (tertiary/aromatic N) is 1. The first kappa shape index (κ1) is 26.2. The zero-order valence-corrected chi connectivity index (χ0v) is 21.6. The van der Waals surface area contributed by atoms with E-state index in [0.29, 0.717) is 16.9 Å². The van der Waals surface area contributed by atoms with Crippen LogP contribution in [0.5, 0.6) is 11.5 Å². The van der Waals surface area contributed by atoms with Gasteiger partial charge in [0.25, 0.3) is 0 Å². The maximum Gasteiger partial charge on any atom is 0.337 e. The fourth-order valence-electron chi connectivity index (χ4n) is 4.18. The van der Waals surface area contributed by atoms with E-state index in [2.05, 4.69) is 26.8 Å². The van der Waals surface area contributed by atoms with Crippen molar-refractivity contribution in [1.29, 1.82) is 5.26 Å². The number of methoxy groups -OCH3 is 1. The lowest BCUT2D eigenvalue weighted by atomic mass is 9.83. The summed E-state index contributed by atoms with van der Waals surface area (Å²) >= 11 is 0. The summed E-state index contributed by atoms with van der Waals surface area (Å²) in [5, 5.41) is 9.76. The van der Waals surface area contributed by atoms with Gasteiger partial charge in [0.15, 0.2) is 0 Å². The molecule has 0 saturated carbocycles. The van der Waals surface area contributed by atoms with Crippen LogP contribution >= 0.6 is 0 Å². The minimum atomic E-state index is -0.545. The molecule has 1 aliphatic heterocycles. The molecule has 1 unspecified atom stereocenters. The molecule has 1 atom stereocenters. The summed E-state index contributed by atoms with van der Waals surface area (Å²) < 4.78 is 15.9. The molecular weight excluding hydrogens is 480 g/mol. The van der Waals surface area contributed by atoms with Gasteiger partial charge in [0, 0.05) is 17.7 Å². The van der Waals surface area contributed by atoms with Gasteiger partial charge < -0.3 is 19.9 Å². The van der Waals surface area contributed by atoms with Crippen molar-refractivity contribution in [3.05, 3.63) is 112 Å². The molecule has 0 aromatic heterocycles. The van der Waals surface area contributed by atoms with Gasteiger partial charge in [-0.25, -0.2) is 9.59 Å². The SMILES string of the molecule is COC(=O)c1ccc(C2C(C#N)=C(N)Oc3cc(OC(=O)/C=C/c4ccc(C(C)(C)C)cc4)ccc32)cc1. The van der Waals surface area contributed by atoms with Crippen LogP contribution in [0, 0.1) is 11.3 Å². The van der Waals surface area contributed by atoms with E-state index < -0.39 is 17.9 Å². The van der Waals surface area contributed by atoms with Gasteiger partial charge in [-0.3, -0.25) is 0 Å². The Bertz CT molecular complexity index is 1470. The Morgan fingerprint density at radius 2 is 1.71 bits per heavy atom. The smallest absolute Gasteiger partial charge is 0.337 e. The topological polar surface area (TPSA) is 112 Å². The summed E-state index contributed by atoms with van der Waals surface area (Å²) in [4.78, 5) is 24.3. The molecule has 0 amide bonds. The van der Waals surface area contributed by atoms with Crippen molar-refractivity contribution < 1.29 is 23.8 Å². The Balaban J connectivity index is 1.54. The van der Waals surface area contributed by atoms with E-state index in [1.807, 2.05) is 24.3 Å². The number of carbonyl (C=O) groups is 2. The predicted octanol–water partition coefficient (Wildman–Crippen LogP) is 5.61. The minimum absolute atomic E-state index is 0.0379. The first-order valence-electron chi connectivity index (χ1n) is 12.0. The maximum atomic E-state index is 12.5. The number of hydrogen-bond donors (Lipinski definition) is 1. The molecule has 0 radical (unpaired) electrons. The molecule has 1 heterocycles. The summed E-state index contributed by atoms with van der Waals surface area (Å²) in [7, 11) is 1.31. The van der Waals surface area contributed by atoms with E-state index in [9.17, 15) is 14.9 Å². The van der Waals surface area contributed by atoms with Gasteiger partial charge in [0.2, 0.25) is 5.88 Å². The van der Waals surface area contributed by atoms with Gasteiger partial charge in [-0.1, -0.05) is 63.2 Å². The van der Waals surface area contributed by atoms with Gasteiger partial charge in [-0.15, -0.1) is 0 Å². The molecule has 4 rings (SSSR count). The van der Waals surface area contributed by atoms with Crippen molar-refractivity contribution in [2.45, 2.75) is 32.1 Å². The molecule has 0 aliphatic carbocycles. The highest BCUT2D eigenvalue weighted by Crippen LogP contribution is 2.43. The summed E-state index contributed by atoms with van der Waals surface area (Å²) in [6, 6.07) is 21.8. The number of rotatable bonds is 5. The van der Waals surface area contributed by atoms with Crippen LogP contribution in [-0.2, 0) is 14.9 Å². The molecule has 0 bridgehead atoms. The van der Waals surface area contributed by atoms with Crippen molar-refractivity contribution in [3.63, 3.8) is 0 Å². The first-order chi connectivity index (χ1) is 18.1. The molecular formula is C31H28N2O5. The fraction of sp³-hybridized carbons (Fsp3) is 0.194. The van der Waals surface area contributed by atoms with Gasteiger partial charge in [0.05, 0.1) is 18.6 Å². The van der Waals surface area contributed by atoms with Crippen LogP contribution in [-0.4, -0.2) is 19.0 Å². The van der Waals surface area contributed by atoms with Crippen LogP contribution in [0.2, 0.25) is 0 Å². The third-order valence-electron chi connectivity index (χ3n) is 6.26. The van der Waals surface area contributed by atoms with E-state index in [1.165, 1.54) is 18.7 Å². The van der Waals surface area contributed by atoms with Crippen molar-refractivity contribution in [2.24, 2.45) is 5.73 Å². The molecule has 7 heteroatoms. The monoisotopic (exact) mass is 508 g/mol. The number of nitriles is 1. The Morgan fingerprint density at radius 1 is 1.03 bits per heavy atom. The van der Waals surface area contributed by atoms with Crippen LogP contribution in [0.15, 0.2) is 84.3 Å². The third-order valence-corrected chi connectivity index (χ3v) is 6.26. The average Bonchev–Trinajstić information content (AvgIpc) is 2.90. The summed E-state index contributed by atoms with van der Waals surface area (Å²) in [6.07, 6.45) is 3.05. The molecule has 38 heavy (non-hydrogen) atoms. The Hall–Kier alpha value is -4.83. The number of allylic oxidation sites excluding steroid dienone is 1. The lowest BCUT2D eigenvalue weighted by Gasteiger charge is -2.26. The number of hydrogen-bond acceptors (Lipinski definition) is 7. The van der Waals surface area contributed by atoms with Crippen molar-refractivity contribution in [2.75, 3.05) is 7.11 Å². The highest BCUT2D eigenvalue weighted by Gasteiger charge is 2.31. The van der Waals surface area contributed by atoms with Crippen molar-refractivity contribution in [1.82, 2.24) is 0 Å². The van der Waals surface area contributed by atoms with Gasteiger partial charge in [-0.2, -0.15) is 5.26 Å². The van der Waals surface area contributed by atoms with E-state index in [-0.39, 0.29) is 22.6 Å². The zero-order chi connectivity index (χ0) is 27.4. The quantitative estimate of drug-likeness (QED) is 0.271. The fourth-order valence-corrected chi connectivity index (χ4v) is 4.18. The molecule has 7 nitrogen and oxygen atoms in total. The highest BCUT2D eigenvalue weighted by molar-refractivity contribution is 5.89. The molecule has 3 aromatic rings. The second kappa shape index (κ2) is 10.7. The molecule has 0 spiro atoms. The summed E-state index contributed by atoms with van der Waals surface area (Å²) in [6.45, 7) is 6.43. The zero-order valence-electron chi connectivity index (χ0n) is 21.6. The second-order valence-corrected chi connectivity index (χ2v) is 9.86. The Kier molecular flexibility index (Phi) is 7.35. The van der Waals surface area contributed by atoms with E-state index >= 15 is 0 Å². The molecule has 0 saturated heterocycles. The van der Waals surface area contributed by atoms with Crippen molar-refractivity contribution in [3.8, 4) is 17.6 Å². The number of benzene rings is 3. The predicted molar refractivity (Wildman–Crippen MR) is 143 cm³/mol. The lowest BCUT2D eigenvalue weighted by Crippen LogP contribution is -2.21. The van der Waals surface area contributed by atoms with Gasteiger partial charge in [-0.05, 0) is 46.4 Å². The molecule has 2 N–H and O–H groups in total. The van der Waals surface area contributed by atoms with Crippen LogP contribution in [0.4, 0.5) is 0 Å². The van der Waals surface area contributed by atoms with Crippen LogP contribution < -0.4 is 15.2 Å². The summed E-state index contributed by atoms with van der Waals surface area (Å²) in [5.74, 6) is -0.913. The Morgan fingerprint density at radius 3 is 2.32 bits per heavy atom. The van der Waals surface area contributed by atoms with Crippen LogP contribution in [0.25, 0.3) is 6.08 Å². The number of esters is 2.